The minimum Gasteiger partial charge on any atom is -0.508 e. The second kappa shape index (κ2) is 17.6. The van der Waals surface area contributed by atoms with Crippen molar-refractivity contribution in [3.05, 3.63) is 81.9 Å². The van der Waals surface area contributed by atoms with Gasteiger partial charge in [-0.25, -0.2) is 0 Å². The highest BCUT2D eigenvalue weighted by Gasteiger charge is 2.22. The number of carbonyl (C=O) groups is 2. The van der Waals surface area contributed by atoms with Gasteiger partial charge in [-0.3, -0.25) is 9.59 Å². The molecule has 3 aromatic carbocycles. The molecule has 0 radical (unpaired) electrons. The van der Waals surface area contributed by atoms with Gasteiger partial charge in [0.15, 0.2) is 12.1 Å². The zero-order chi connectivity index (χ0) is 37.9. The van der Waals surface area contributed by atoms with Crippen molar-refractivity contribution in [2.75, 3.05) is 28.4 Å². The molecule has 9 heteroatoms. The van der Waals surface area contributed by atoms with E-state index in [1.165, 1.54) is 25.3 Å². The third kappa shape index (κ3) is 11.7. The lowest BCUT2D eigenvalue weighted by Crippen LogP contribution is -2.12. The number of methoxy groups -OCH3 is 3. The fraction of sp³-hybridized carbons (Fsp3) is 0.400. The minimum absolute atomic E-state index is 0.130. The van der Waals surface area contributed by atoms with Crippen LogP contribution in [0.3, 0.4) is 0 Å². The lowest BCUT2D eigenvalue weighted by Gasteiger charge is -2.22. The Balaban J connectivity index is 0.000000589. The van der Waals surface area contributed by atoms with Crippen molar-refractivity contribution in [3.8, 4) is 34.5 Å². The van der Waals surface area contributed by atoms with Gasteiger partial charge in [0.2, 0.25) is 0 Å². The van der Waals surface area contributed by atoms with Crippen LogP contribution < -0.4 is 14.2 Å². The van der Waals surface area contributed by atoms with Crippen molar-refractivity contribution in [2.45, 2.75) is 78.6 Å². The summed E-state index contributed by atoms with van der Waals surface area (Å²) in [6, 6.07) is 9.92. The van der Waals surface area contributed by atoms with E-state index in [0.717, 1.165) is 23.8 Å². The molecule has 0 aliphatic heterocycles. The van der Waals surface area contributed by atoms with E-state index in [-0.39, 0.29) is 39.3 Å². The molecule has 0 amide bonds. The first-order valence-corrected chi connectivity index (χ1v) is 15.7. The standard InChI is InChI=1S/C27H34O5.C12H16O3.CH4O/c1-26(2,3)20-15-24(31-7)17(13-22(20)29)9-11-19(28)12-10-18-14-23(30)21(27(4,5)6)16-25(18)32-8;1-12(2,3)9-6-11(15-4)8(7-13)5-10(9)14;1-2/h9-16,29-30H,1-8H3;5-7,14H,1-4H3;2H,1H3/b11-9+,12-10+;;. The SMILES string of the molecule is CO.COc1cc(C(C)(C)C)c(O)cc1/C=C/C(=O)/C=C/c1cc(O)c(C(C)(C)C)cc1OC.COc1cc(C(C)(C)C)c(O)cc1C=O. The Morgan fingerprint density at radius 3 is 1.04 bits per heavy atom. The first-order chi connectivity index (χ1) is 22.7. The summed E-state index contributed by atoms with van der Waals surface area (Å²) in [5, 5.41) is 37.6. The van der Waals surface area contributed by atoms with Gasteiger partial charge in [-0.15, -0.1) is 0 Å². The van der Waals surface area contributed by atoms with Crippen LogP contribution >= 0.6 is 0 Å². The van der Waals surface area contributed by atoms with Crippen molar-refractivity contribution < 1.29 is 44.2 Å². The first-order valence-electron chi connectivity index (χ1n) is 15.7. The smallest absolute Gasteiger partial charge is 0.178 e. The summed E-state index contributed by atoms with van der Waals surface area (Å²) in [6.45, 7) is 18.0. The van der Waals surface area contributed by atoms with Gasteiger partial charge < -0.3 is 34.6 Å². The largest absolute Gasteiger partial charge is 0.508 e. The highest BCUT2D eigenvalue weighted by molar-refractivity contribution is 6.04. The van der Waals surface area contributed by atoms with Crippen LogP contribution in [0, 0.1) is 0 Å². The third-order valence-corrected chi connectivity index (χ3v) is 7.45. The molecule has 268 valence electrons. The topological polar surface area (TPSA) is 143 Å². The molecule has 0 heterocycles. The van der Waals surface area contributed by atoms with E-state index in [2.05, 4.69) is 0 Å². The number of aromatic hydroxyl groups is 3. The number of ether oxygens (including phenoxy) is 3. The molecule has 3 aromatic rings. The maximum atomic E-state index is 12.4. The summed E-state index contributed by atoms with van der Waals surface area (Å²) >= 11 is 0. The van der Waals surface area contributed by atoms with Crippen LogP contribution in [0.25, 0.3) is 12.2 Å². The lowest BCUT2D eigenvalue weighted by atomic mass is 9.85. The quantitative estimate of drug-likeness (QED) is 0.137. The number of ketones is 1. The predicted octanol–water partition coefficient (Wildman–Crippen LogP) is 8.13. The van der Waals surface area contributed by atoms with Gasteiger partial charge in [0, 0.05) is 34.9 Å². The van der Waals surface area contributed by atoms with Crippen LogP contribution in [0.15, 0.2) is 48.6 Å². The summed E-state index contributed by atoms with van der Waals surface area (Å²) in [7, 11) is 5.61. The Kier molecular flexibility index (Phi) is 15.2. The number of carbonyl (C=O) groups excluding carboxylic acids is 2. The van der Waals surface area contributed by atoms with Crippen LogP contribution in [-0.4, -0.2) is 60.9 Å². The number of hydrogen-bond acceptors (Lipinski definition) is 9. The van der Waals surface area contributed by atoms with Crippen molar-refractivity contribution >= 4 is 24.2 Å². The fourth-order valence-electron chi connectivity index (χ4n) is 4.84. The van der Waals surface area contributed by atoms with Gasteiger partial charge in [0.25, 0.3) is 0 Å². The molecule has 3 rings (SSSR count). The normalized spacial score (nSPS) is 11.7. The molecule has 0 aliphatic carbocycles. The Labute approximate surface area is 291 Å². The molecule has 0 spiro atoms. The molecule has 9 nitrogen and oxygen atoms in total. The van der Waals surface area contributed by atoms with Crippen LogP contribution in [0.5, 0.6) is 34.5 Å². The molecule has 0 unspecified atom stereocenters. The highest BCUT2D eigenvalue weighted by atomic mass is 16.5. The molecular formula is C40H54O9. The summed E-state index contributed by atoms with van der Waals surface area (Å²) in [6.07, 6.45) is 6.69. The van der Waals surface area contributed by atoms with E-state index in [1.54, 1.807) is 56.7 Å². The maximum absolute atomic E-state index is 12.4. The van der Waals surface area contributed by atoms with E-state index in [9.17, 15) is 24.9 Å². The third-order valence-electron chi connectivity index (χ3n) is 7.45. The van der Waals surface area contributed by atoms with Gasteiger partial charge in [0.1, 0.15) is 34.5 Å². The van der Waals surface area contributed by atoms with Crippen LogP contribution in [0.1, 0.15) is 100 Å². The van der Waals surface area contributed by atoms with E-state index >= 15 is 0 Å². The average Bonchev–Trinajstić information content (AvgIpc) is 3.02. The molecule has 4 N–H and O–H groups in total. The van der Waals surface area contributed by atoms with Crippen molar-refractivity contribution in [2.24, 2.45) is 0 Å². The Morgan fingerprint density at radius 1 is 0.531 bits per heavy atom. The highest BCUT2D eigenvalue weighted by Crippen LogP contribution is 2.38. The van der Waals surface area contributed by atoms with Crippen LogP contribution in [-0.2, 0) is 21.0 Å². The number of aldehydes is 1. The zero-order valence-electron chi connectivity index (χ0n) is 31.2. The Bertz CT molecular complexity index is 1560. The summed E-state index contributed by atoms with van der Waals surface area (Å²) in [5.74, 6) is 1.82. The number of aliphatic hydroxyl groups excluding tert-OH is 1. The number of benzene rings is 3. The van der Waals surface area contributed by atoms with Gasteiger partial charge in [-0.2, -0.15) is 0 Å². The van der Waals surface area contributed by atoms with Crippen LogP contribution in [0.4, 0.5) is 0 Å². The molecule has 49 heavy (non-hydrogen) atoms. The molecule has 0 fully saturated rings. The predicted molar refractivity (Wildman–Crippen MR) is 197 cm³/mol. The van der Waals surface area contributed by atoms with E-state index in [0.29, 0.717) is 40.2 Å². The number of aliphatic hydroxyl groups is 1. The van der Waals surface area contributed by atoms with E-state index in [4.69, 9.17) is 19.3 Å². The average molecular weight is 679 g/mol. The van der Waals surface area contributed by atoms with Gasteiger partial charge in [0.05, 0.1) is 26.9 Å². The molecule has 0 atom stereocenters. The van der Waals surface area contributed by atoms with E-state index < -0.39 is 0 Å². The maximum Gasteiger partial charge on any atom is 0.178 e. The van der Waals surface area contributed by atoms with Crippen molar-refractivity contribution in [1.82, 2.24) is 0 Å². The second-order valence-electron chi connectivity index (χ2n) is 14.3. The summed E-state index contributed by atoms with van der Waals surface area (Å²) in [5.41, 5.74) is 3.20. The number of allylic oxidation sites excluding steroid dienone is 2. The summed E-state index contributed by atoms with van der Waals surface area (Å²) in [4.78, 5) is 23.1. The first kappa shape index (κ1) is 42.3. The number of phenolic OH excluding ortho intramolecular Hbond substituents is 3. The number of hydrogen-bond donors (Lipinski definition) is 4. The molecule has 0 saturated carbocycles. The van der Waals surface area contributed by atoms with Crippen molar-refractivity contribution in [1.29, 1.82) is 0 Å². The Morgan fingerprint density at radius 2 is 0.796 bits per heavy atom. The molecule has 0 aliphatic rings. The second-order valence-corrected chi connectivity index (χ2v) is 14.3. The number of phenols is 3. The Hall–Kier alpha value is -4.76. The van der Waals surface area contributed by atoms with Gasteiger partial charge in [-0.05, 0) is 76.9 Å². The van der Waals surface area contributed by atoms with Gasteiger partial charge >= 0.3 is 0 Å². The van der Waals surface area contributed by atoms with Gasteiger partial charge in [-0.1, -0.05) is 62.3 Å². The zero-order valence-corrected chi connectivity index (χ0v) is 31.2. The monoisotopic (exact) mass is 678 g/mol. The summed E-state index contributed by atoms with van der Waals surface area (Å²) < 4.78 is 16.0. The van der Waals surface area contributed by atoms with E-state index in [1.807, 2.05) is 62.3 Å². The fourth-order valence-corrected chi connectivity index (χ4v) is 4.84. The van der Waals surface area contributed by atoms with Crippen molar-refractivity contribution in [3.63, 3.8) is 0 Å². The molecular weight excluding hydrogens is 624 g/mol. The number of rotatable bonds is 8. The minimum atomic E-state index is -0.257. The lowest BCUT2D eigenvalue weighted by molar-refractivity contribution is -0.110. The van der Waals surface area contributed by atoms with Crippen LogP contribution in [0.2, 0.25) is 0 Å². The molecule has 0 bridgehead atoms. The molecule has 0 aromatic heterocycles. The molecule has 0 saturated heterocycles.